The first kappa shape index (κ1) is 9.88. The summed E-state index contributed by atoms with van der Waals surface area (Å²) in [6, 6.07) is 3.33. The lowest BCUT2D eigenvalue weighted by Crippen LogP contribution is -2.26. The fraction of sp³-hybridized carbons (Fsp3) is 0.250. The molecule has 0 fully saturated rings. The Balaban J connectivity index is 2.77. The largest absolute Gasteiger partial charge is 0.395 e. The molecule has 0 aromatic carbocycles. The van der Waals surface area contributed by atoms with E-state index < -0.39 is 0 Å². The van der Waals surface area contributed by atoms with Crippen molar-refractivity contribution < 1.29 is 9.90 Å². The lowest BCUT2D eigenvalue weighted by atomic mass is 10.3. The third-order valence-electron chi connectivity index (χ3n) is 1.46. The number of H-pyrrole nitrogens is 1. The summed E-state index contributed by atoms with van der Waals surface area (Å²) in [6.07, 6.45) is 1.66. The van der Waals surface area contributed by atoms with Crippen LogP contribution in [0.25, 0.3) is 0 Å². The van der Waals surface area contributed by atoms with E-state index in [0.717, 1.165) is 0 Å². The first-order valence-corrected chi connectivity index (χ1v) is 4.23. The second kappa shape index (κ2) is 4.74. The molecular formula is C8H10N2O2S. The molecule has 0 aliphatic carbocycles. The Labute approximate surface area is 80.6 Å². The summed E-state index contributed by atoms with van der Waals surface area (Å²) in [5, 5.41) is 11.0. The van der Waals surface area contributed by atoms with Gasteiger partial charge < -0.3 is 15.4 Å². The molecule has 1 heterocycles. The summed E-state index contributed by atoms with van der Waals surface area (Å²) in [5.74, 6) is -0.268. The predicted molar refractivity (Wildman–Crippen MR) is 51.0 cm³/mol. The number of amides is 1. The molecule has 70 valence electrons. The Bertz CT molecular complexity index is 348. The molecule has 13 heavy (non-hydrogen) atoms. The van der Waals surface area contributed by atoms with Crippen LogP contribution in [-0.4, -0.2) is 29.1 Å². The Morgan fingerprint density at radius 3 is 3.08 bits per heavy atom. The molecule has 0 saturated carbocycles. The maximum atomic E-state index is 11.3. The molecule has 4 nitrogen and oxygen atoms in total. The topological polar surface area (TPSA) is 65.1 Å². The second-order valence-corrected chi connectivity index (χ2v) is 2.80. The highest BCUT2D eigenvalue weighted by Gasteiger charge is 2.04. The quantitative estimate of drug-likeness (QED) is 0.618. The normalized spacial score (nSPS) is 9.62. The van der Waals surface area contributed by atoms with Crippen molar-refractivity contribution >= 4 is 18.1 Å². The third-order valence-corrected chi connectivity index (χ3v) is 1.80. The molecular weight excluding hydrogens is 188 g/mol. The number of nitrogens with one attached hydrogen (secondary N) is 2. The molecule has 0 aliphatic rings. The predicted octanol–water partition coefficient (Wildman–Crippen LogP) is 0.466. The number of aromatic nitrogens is 1. The van der Waals surface area contributed by atoms with E-state index in [2.05, 4.69) is 10.3 Å². The van der Waals surface area contributed by atoms with E-state index in [1.54, 1.807) is 18.3 Å². The molecule has 1 amide bonds. The van der Waals surface area contributed by atoms with Crippen LogP contribution in [0.1, 0.15) is 10.4 Å². The van der Waals surface area contributed by atoms with Gasteiger partial charge in [0.2, 0.25) is 0 Å². The van der Waals surface area contributed by atoms with Crippen molar-refractivity contribution in [1.29, 1.82) is 0 Å². The number of rotatable bonds is 3. The number of aromatic amines is 1. The van der Waals surface area contributed by atoms with Crippen LogP contribution in [0, 0.1) is 4.64 Å². The molecule has 0 unspecified atom stereocenters. The van der Waals surface area contributed by atoms with E-state index in [-0.39, 0.29) is 19.1 Å². The Hall–Kier alpha value is -1.20. The van der Waals surface area contributed by atoms with Crippen molar-refractivity contribution in [3.63, 3.8) is 0 Å². The van der Waals surface area contributed by atoms with Crippen molar-refractivity contribution in [2.45, 2.75) is 0 Å². The number of hydrogen-bond acceptors (Lipinski definition) is 3. The van der Waals surface area contributed by atoms with Gasteiger partial charge in [-0.3, -0.25) is 4.79 Å². The van der Waals surface area contributed by atoms with Crippen LogP contribution in [0.15, 0.2) is 18.3 Å². The van der Waals surface area contributed by atoms with E-state index >= 15 is 0 Å². The van der Waals surface area contributed by atoms with Gasteiger partial charge in [0.05, 0.1) is 12.2 Å². The standard InChI is InChI=1S/C8H10N2O2S/c11-5-4-9-7(12)6-2-1-3-10-8(6)13/h1-3,11H,4-5H2,(H,9,12)(H,10,13). The Morgan fingerprint density at radius 2 is 2.46 bits per heavy atom. The average molecular weight is 198 g/mol. The van der Waals surface area contributed by atoms with Gasteiger partial charge in [0.15, 0.2) is 0 Å². The summed E-state index contributed by atoms with van der Waals surface area (Å²) in [4.78, 5) is 14.1. The van der Waals surface area contributed by atoms with E-state index in [0.29, 0.717) is 10.2 Å². The summed E-state index contributed by atoms with van der Waals surface area (Å²) < 4.78 is 0.401. The number of aliphatic hydroxyl groups excluding tert-OH is 1. The van der Waals surface area contributed by atoms with Gasteiger partial charge in [-0.05, 0) is 12.1 Å². The number of aliphatic hydroxyl groups is 1. The van der Waals surface area contributed by atoms with Crippen LogP contribution in [0.3, 0.4) is 0 Å². The highest BCUT2D eigenvalue weighted by molar-refractivity contribution is 7.71. The molecule has 0 aliphatic heterocycles. The zero-order chi connectivity index (χ0) is 9.68. The van der Waals surface area contributed by atoms with Crippen molar-refractivity contribution in [1.82, 2.24) is 10.3 Å². The molecule has 0 bridgehead atoms. The SMILES string of the molecule is O=C(NCCO)c1ccc[nH]c1=S. The van der Waals surface area contributed by atoms with Gasteiger partial charge >= 0.3 is 0 Å². The highest BCUT2D eigenvalue weighted by Crippen LogP contribution is 1.98. The van der Waals surface area contributed by atoms with E-state index in [4.69, 9.17) is 17.3 Å². The van der Waals surface area contributed by atoms with E-state index in [9.17, 15) is 4.79 Å². The van der Waals surface area contributed by atoms with E-state index in [1.165, 1.54) is 0 Å². The van der Waals surface area contributed by atoms with Crippen LogP contribution >= 0.6 is 12.2 Å². The summed E-state index contributed by atoms with van der Waals surface area (Å²) in [5.41, 5.74) is 0.422. The first-order valence-electron chi connectivity index (χ1n) is 3.82. The fourth-order valence-electron chi connectivity index (χ4n) is 0.865. The number of hydrogen-bond donors (Lipinski definition) is 3. The molecule has 1 aromatic rings. The van der Waals surface area contributed by atoms with Gasteiger partial charge in [-0.2, -0.15) is 0 Å². The second-order valence-electron chi connectivity index (χ2n) is 2.39. The zero-order valence-electron chi connectivity index (χ0n) is 6.91. The molecule has 5 heteroatoms. The summed E-state index contributed by atoms with van der Waals surface area (Å²) in [7, 11) is 0. The van der Waals surface area contributed by atoms with Gasteiger partial charge in [0.25, 0.3) is 5.91 Å². The summed E-state index contributed by atoms with van der Waals surface area (Å²) in [6.45, 7) is 0.164. The van der Waals surface area contributed by atoms with Crippen LogP contribution in [0.4, 0.5) is 0 Å². The maximum absolute atomic E-state index is 11.3. The molecule has 0 saturated heterocycles. The molecule has 3 N–H and O–H groups in total. The summed E-state index contributed by atoms with van der Waals surface area (Å²) >= 11 is 4.90. The van der Waals surface area contributed by atoms with Gasteiger partial charge in [-0.15, -0.1) is 0 Å². The zero-order valence-corrected chi connectivity index (χ0v) is 7.73. The van der Waals surface area contributed by atoms with Gasteiger partial charge in [0, 0.05) is 12.7 Å². The maximum Gasteiger partial charge on any atom is 0.254 e. The Morgan fingerprint density at radius 1 is 1.69 bits per heavy atom. The molecule has 0 atom stereocenters. The van der Waals surface area contributed by atoms with Crippen LogP contribution in [0.2, 0.25) is 0 Å². The van der Waals surface area contributed by atoms with E-state index in [1.807, 2.05) is 0 Å². The lowest BCUT2D eigenvalue weighted by molar-refractivity contribution is 0.0944. The van der Waals surface area contributed by atoms with Crippen molar-refractivity contribution in [2.24, 2.45) is 0 Å². The minimum absolute atomic E-state index is 0.0744. The van der Waals surface area contributed by atoms with Gasteiger partial charge in [-0.1, -0.05) is 12.2 Å². The molecule has 1 rings (SSSR count). The fourth-order valence-corrected chi connectivity index (χ4v) is 1.09. The minimum Gasteiger partial charge on any atom is -0.395 e. The number of carbonyl (C=O) groups excluding carboxylic acids is 1. The van der Waals surface area contributed by atoms with Gasteiger partial charge in [0.1, 0.15) is 4.64 Å². The molecule has 1 aromatic heterocycles. The van der Waals surface area contributed by atoms with Crippen molar-refractivity contribution in [3.05, 3.63) is 28.5 Å². The monoisotopic (exact) mass is 198 g/mol. The molecule has 0 radical (unpaired) electrons. The highest BCUT2D eigenvalue weighted by atomic mass is 32.1. The van der Waals surface area contributed by atoms with Crippen LogP contribution in [0.5, 0.6) is 0 Å². The van der Waals surface area contributed by atoms with Gasteiger partial charge in [-0.25, -0.2) is 0 Å². The number of carbonyl (C=O) groups is 1. The molecule has 0 spiro atoms. The van der Waals surface area contributed by atoms with Crippen molar-refractivity contribution in [2.75, 3.05) is 13.2 Å². The first-order chi connectivity index (χ1) is 6.25. The smallest absolute Gasteiger partial charge is 0.254 e. The van der Waals surface area contributed by atoms with Crippen molar-refractivity contribution in [3.8, 4) is 0 Å². The minimum atomic E-state index is -0.268. The third kappa shape index (κ3) is 2.64. The average Bonchev–Trinajstić information content (AvgIpc) is 2.15. The number of pyridine rings is 1. The van der Waals surface area contributed by atoms with Crippen LogP contribution < -0.4 is 5.32 Å². The van der Waals surface area contributed by atoms with Crippen LogP contribution in [-0.2, 0) is 0 Å². The lowest BCUT2D eigenvalue weighted by Gasteiger charge is -2.01. The Kier molecular flexibility index (Phi) is 3.60.